The van der Waals surface area contributed by atoms with Crippen molar-refractivity contribution in [1.82, 2.24) is 0 Å². The van der Waals surface area contributed by atoms with Gasteiger partial charge in [-0.05, 0) is 37.8 Å². The van der Waals surface area contributed by atoms with Gasteiger partial charge in [0.1, 0.15) is 0 Å². The number of rotatable bonds is 4. The molecule has 3 N–H and O–H groups in total. The molecule has 1 aliphatic rings. The Morgan fingerprint density at radius 2 is 2.28 bits per heavy atom. The summed E-state index contributed by atoms with van der Waals surface area (Å²) in [7, 11) is 1.72. The third-order valence-corrected chi connectivity index (χ3v) is 4.22. The Bertz CT molecular complexity index is 397. The first-order chi connectivity index (χ1) is 8.70. The number of hydrogen-bond donors (Lipinski definition) is 2. The molecule has 1 aliphatic carbocycles. The number of benzene rings is 1. The van der Waals surface area contributed by atoms with E-state index in [4.69, 9.17) is 10.5 Å². The maximum Gasteiger partial charge on any atom is 0.0744 e. The molecule has 1 fully saturated rings. The smallest absolute Gasteiger partial charge is 0.0744 e. The van der Waals surface area contributed by atoms with Gasteiger partial charge < -0.3 is 15.8 Å². The van der Waals surface area contributed by atoms with Crippen LogP contribution in [-0.2, 0) is 11.3 Å². The van der Waals surface area contributed by atoms with Crippen molar-refractivity contribution >= 4 is 21.6 Å². The van der Waals surface area contributed by atoms with Crippen molar-refractivity contribution in [3.63, 3.8) is 0 Å². The van der Waals surface area contributed by atoms with Gasteiger partial charge in [-0.15, -0.1) is 0 Å². The molecule has 0 saturated heterocycles. The van der Waals surface area contributed by atoms with E-state index in [0.717, 1.165) is 23.0 Å². The second-order valence-corrected chi connectivity index (χ2v) is 5.82. The van der Waals surface area contributed by atoms with E-state index >= 15 is 0 Å². The molecular formula is C14H21BrN2O. The first kappa shape index (κ1) is 13.8. The summed E-state index contributed by atoms with van der Waals surface area (Å²) in [6.07, 6.45) is 4.62. The van der Waals surface area contributed by atoms with E-state index in [1.807, 2.05) is 12.1 Å². The average Bonchev–Trinajstić information content (AvgIpc) is 2.34. The molecule has 100 valence electrons. The summed E-state index contributed by atoms with van der Waals surface area (Å²) in [5, 5.41) is 3.62. The molecule has 0 radical (unpaired) electrons. The van der Waals surface area contributed by atoms with Crippen LogP contribution in [-0.4, -0.2) is 19.2 Å². The number of nitrogens with two attached hydrogens (primary N) is 1. The molecule has 0 bridgehead atoms. The molecule has 3 nitrogen and oxygen atoms in total. The Morgan fingerprint density at radius 1 is 1.44 bits per heavy atom. The van der Waals surface area contributed by atoms with Gasteiger partial charge in [-0.2, -0.15) is 0 Å². The summed E-state index contributed by atoms with van der Waals surface area (Å²) < 4.78 is 6.36. The Kier molecular flexibility index (Phi) is 5.03. The molecule has 0 amide bonds. The van der Waals surface area contributed by atoms with Crippen LogP contribution < -0.4 is 11.1 Å². The molecule has 1 saturated carbocycles. The number of hydrogen-bond acceptors (Lipinski definition) is 3. The highest BCUT2D eigenvalue weighted by Gasteiger charge is 2.20. The highest BCUT2D eigenvalue weighted by atomic mass is 79.9. The molecule has 2 atom stereocenters. The molecule has 0 heterocycles. The highest BCUT2D eigenvalue weighted by Crippen LogP contribution is 2.28. The van der Waals surface area contributed by atoms with Gasteiger partial charge in [-0.3, -0.25) is 0 Å². The molecule has 18 heavy (non-hydrogen) atoms. The fourth-order valence-electron chi connectivity index (χ4n) is 2.56. The van der Waals surface area contributed by atoms with Gasteiger partial charge in [0.05, 0.1) is 6.61 Å². The monoisotopic (exact) mass is 312 g/mol. The van der Waals surface area contributed by atoms with E-state index in [9.17, 15) is 0 Å². The fraction of sp³-hybridized carbons (Fsp3) is 0.571. The maximum atomic E-state index is 6.03. The Morgan fingerprint density at radius 3 is 3.00 bits per heavy atom. The Labute approximate surface area is 117 Å². The van der Waals surface area contributed by atoms with Crippen LogP contribution in [0.4, 0.5) is 5.69 Å². The average molecular weight is 313 g/mol. The lowest BCUT2D eigenvalue weighted by Crippen LogP contribution is -2.35. The fourth-order valence-corrected chi connectivity index (χ4v) is 3.04. The number of methoxy groups -OCH3 is 1. The van der Waals surface area contributed by atoms with Crippen LogP contribution in [0.2, 0.25) is 0 Å². The Balaban J connectivity index is 2.10. The van der Waals surface area contributed by atoms with Crippen molar-refractivity contribution in [3.05, 3.63) is 28.2 Å². The lowest BCUT2D eigenvalue weighted by Gasteiger charge is -2.29. The zero-order valence-electron chi connectivity index (χ0n) is 10.8. The van der Waals surface area contributed by atoms with E-state index < -0.39 is 0 Å². The summed E-state index contributed by atoms with van der Waals surface area (Å²) in [5.41, 5.74) is 8.37. The largest absolute Gasteiger partial charge is 0.382 e. The van der Waals surface area contributed by atoms with Gasteiger partial charge in [0.15, 0.2) is 0 Å². The minimum atomic E-state index is 0.342. The quantitative estimate of drug-likeness (QED) is 0.897. The molecule has 4 heteroatoms. The lowest BCUT2D eigenvalue weighted by atomic mass is 9.91. The third-order valence-electron chi connectivity index (χ3n) is 3.48. The standard InChI is InChI=1S/C14H21BrN2O/c1-18-9-12-13(15)6-3-7-14(12)17-11-5-2-4-10(16)8-11/h3,6-7,10-11,17H,2,4-5,8-9,16H2,1H3. The molecular weight excluding hydrogens is 292 g/mol. The number of nitrogens with one attached hydrogen (secondary N) is 1. The van der Waals surface area contributed by atoms with E-state index in [-0.39, 0.29) is 0 Å². The van der Waals surface area contributed by atoms with Gasteiger partial charge >= 0.3 is 0 Å². The Hall–Kier alpha value is -0.580. The van der Waals surface area contributed by atoms with Crippen molar-refractivity contribution in [1.29, 1.82) is 0 Å². The van der Waals surface area contributed by atoms with Crippen molar-refractivity contribution in [2.24, 2.45) is 5.73 Å². The zero-order valence-corrected chi connectivity index (χ0v) is 12.4. The summed E-state index contributed by atoms with van der Waals surface area (Å²) in [5.74, 6) is 0. The first-order valence-electron chi connectivity index (χ1n) is 6.49. The minimum absolute atomic E-state index is 0.342. The van der Waals surface area contributed by atoms with Gasteiger partial charge in [0.2, 0.25) is 0 Å². The second-order valence-electron chi connectivity index (χ2n) is 4.97. The highest BCUT2D eigenvalue weighted by molar-refractivity contribution is 9.10. The van der Waals surface area contributed by atoms with Crippen LogP contribution in [0, 0.1) is 0 Å². The molecule has 1 aromatic rings. The second kappa shape index (κ2) is 6.55. The third kappa shape index (κ3) is 3.46. The summed E-state index contributed by atoms with van der Waals surface area (Å²) in [4.78, 5) is 0. The molecule has 2 unspecified atom stereocenters. The predicted octanol–water partition coefficient (Wildman–Crippen LogP) is 3.28. The van der Waals surface area contributed by atoms with Crippen LogP contribution in [0.1, 0.15) is 31.2 Å². The van der Waals surface area contributed by atoms with Crippen LogP contribution in [0.3, 0.4) is 0 Å². The number of anilines is 1. The van der Waals surface area contributed by atoms with Gasteiger partial charge in [-0.25, -0.2) is 0 Å². The van der Waals surface area contributed by atoms with Crippen LogP contribution >= 0.6 is 15.9 Å². The maximum absolute atomic E-state index is 6.03. The van der Waals surface area contributed by atoms with Crippen molar-refractivity contribution < 1.29 is 4.74 Å². The van der Waals surface area contributed by atoms with Crippen molar-refractivity contribution in [2.45, 2.75) is 44.4 Å². The predicted molar refractivity (Wildman–Crippen MR) is 78.7 cm³/mol. The number of halogens is 1. The molecule has 1 aromatic carbocycles. The zero-order chi connectivity index (χ0) is 13.0. The van der Waals surface area contributed by atoms with E-state index in [0.29, 0.717) is 18.7 Å². The lowest BCUT2D eigenvalue weighted by molar-refractivity contribution is 0.184. The SMILES string of the molecule is COCc1c(Br)cccc1NC1CCCC(N)C1. The van der Waals surface area contributed by atoms with Gasteiger partial charge in [0.25, 0.3) is 0 Å². The van der Waals surface area contributed by atoms with Crippen molar-refractivity contribution in [3.8, 4) is 0 Å². The summed E-state index contributed by atoms with van der Waals surface area (Å²) >= 11 is 3.58. The van der Waals surface area contributed by atoms with Gasteiger partial charge in [0, 0.05) is 34.9 Å². The molecule has 0 aliphatic heterocycles. The van der Waals surface area contributed by atoms with E-state index in [2.05, 4.69) is 27.3 Å². The van der Waals surface area contributed by atoms with Crippen LogP contribution in [0.15, 0.2) is 22.7 Å². The molecule has 0 aromatic heterocycles. The normalized spacial score (nSPS) is 23.9. The van der Waals surface area contributed by atoms with E-state index in [1.54, 1.807) is 7.11 Å². The van der Waals surface area contributed by atoms with Crippen molar-refractivity contribution in [2.75, 3.05) is 12.4 Å². The molecule has 2 rings (SSSR count). The van der Waals surface area contributed by atoms with Gasteiger partial charge in [-0.1, -0.05) is 22.0 Å². The van der Waals surface area contributed by atoms with Crippen LogP contribution in [0.25, 0.3) is 0 Å². The minimum Gasteiger partial charge on any atom is -0.382 e. The summed E-state index contributed by atoms with van der Waals surface area (Å²) in [6, 6.07) is 7.03. The van der Waals surface area contributed by atoms with E-state index in [1.165, 1.54) is 18.4 Å². The first-order valence-corrected chi connectivity index (χ1v) is 7.28. The topological polar surface area (TPSA) is 47.3 Å². The van der Waals surface area contributed by atoms with Crippen LogP contribution in [0.5, 0.6) is 0 Å². The summed E-state index contributed by atoms with van der Waals surface area (Å²) in [6.45, 7) is 0.614. The number of ether oxygens (including phenoxy) is 1. The molecule has 0 spiro atoms.